The summed E-state index contributed by atoms with van der Waals surface area (Å²) in [5, 5.41) is 2.89. The van der Waals surface area contributed by atoms with Crippen LogP contribution < -0.4 is 9.62 Å². The maximum absolute atomic E-state index is 13.6. The molecule has 3 rings (SSSR count). The minimum absolute atomic E-state index is 0.121. The van der Waals surface area contributed by atoms with Crippen molar-refractivity contribution in [1.82, 2.24) is 5.32 Å². The molecule has 0 saturated heterocycles. The molecule has 1 N–H and O–H groups in total. The Labute approximate surface area is 165 Å². The third-order valence-electron chi connectivity index (χ3n) is 5.13. The van der Waals surface area contributed by atoms with E-state index < -0.39 is 27.8 Å². The summed E-state index contributed by atoms with van der Waals surface area (Å²) in [7, 11) is -3.78. The van der Waals surface area contributed by atoms with Gasteiger partial charge in [0.15, 0.2) is 0 Å². The van der Waals surface area contributed by atoms with Gasteiger partial charge in [0, 0.05) is 0 Å². The van der Waals surface area contributed by atoms with Crippen LogP contribution in [0.1, 0.15) is 43.0 Å². The van der Waals surface area contributed by atoms with Gasteiger partial charge in [-0.05, 0) is 68.0 Å². The van der Waals surface area contributed by atoms with Crippen LogP contribution in [-0.2, 0) is 27.7 Å². The molecule has 0 fully saturated rings. The van der Waals surface area contributed by atoms with Crippen molar-refractivity contribution >= 4 is 21.6 Å². The average molecular weight is 405 g/mol. The SMILES string of the molecule is C[C@H](NC(=O)[C@@H](C)N(c1cccc(F)c1)S(C)(=O)=O)c1ccc2c(c1)CCC2. The molecule has 150 valence electrons. The fraction of sp³-hybridized carbons (Fsp3) is 0.381. The van der Waals surface area contributed by atoms with Crippen molar-refractivity contribution in [2.75, 3.05) is 10.6 Å². The molecular formula is C21H25FN2O3S. The average Bonchev–Trinajstić information content (AvgIpc) is 3.08. The predicted octanol–water partition coefficient (Wildman–Crippen LogP) is 3.35. The number of sulfonamides is 1. The van der Waals surface area contributed by atoms with Crippen LogP contribution in [0.25, 0.3) is 0 Å². The molecule has 2 aromatic rings. The fourth-order valence-electron chi connectivity index (χ4n) is 3.70. The lowest BCUT2D eigenvalue weighted by atomic mass is 10.0. The van der Waals surface area contributed by atoms with E-state index in [9.17, 15) is 17.6 Å². The Kier molecular flexibility index (Phi) is 5.74. The molecule has 2 atom stereocenters. The maximum atomic E-state index is 13.6. The molecule has 28 heavy (non-hydrogen) atoms. The molecule has 1 amide bonds. The summed E-state index contributed by atoms with van der Waals surface area (Å²) in [5.41, 5.74) is 3.77. The molecule has 0 radical (unpaired) electrons. The summed E-state index contributed by atoms with van der Waals surface area (Å²) in [6.45, 7) is 3.37. The summed E-state index contributed by atoms with van der Waals surface area (Å²) in [6, 6.07) is 10.1. The largest absolute Gasteiger partial charge is 0.348 e. The van der Waals surface area contributed by atoms with E-state index in [0.717, 1.165) is 41.5 Å². The zero-order valence-corrected chi connectivity index (χ0v) is 17.1. The number of aryl methyl sites for hydroxylation is 2. The smallest absolute Gasteiger partial charge is 0.244 e. The number of hydrogen-bond donors (Lipinski definition) is 1. The maximum Gasteiger partial charge on any atom is 0.244 e. The Balaban J connectivity index is 1.79. The highest BCUT2D eigenvalue weighted by Gasteiger charge is 2.30. The number of hydrogen-bond acceptors (Lipinski definition) is 3. The number of anilines is 1. The van der Waals surface area contributed by atoms with Crippen molar-refractivity contribution in [2.24, 2.45) is 0 Å². The second-order valence-electron chi connectivity index (χ2n) is 7.33. The Bertz CT molecular complexity index is 991. The van der Waals surface area contributed by atoms with Gasteiger partial charge in [-0.3, -0.25) is 9.10 Å². The number of halogens is 1. The Morgan fingerprint density at radius 2 is 1.82 bits per heavy atom. The lowest BCUT2D eigenvalue weighted by molar-refractivity contribution is -0.122. The first kappa shape index (κ1) is 20.3. The summed E-state index contributed by atoms with van der Waals surface area (Å²) in [6.07, 6.45) is 4.28. The molecule has 0 aliphatic heterocycles. The van der Waals surface area contributed by atoms with Crippen LogP contribution in [0.2, 0.25) is 0 Å². The molecule has 0 spiro atoms. The van der Waals surface area contributed by atoms with Crippen molar-refractivity contribution in [1.29, 1.82) is 0 Å². The van der Waals surface area contributed by atoms with Crippen LogP contribution in [0.3, 0.4) is 0 Å². The lowest BCUT2D eigenvalue weighted by Crippen LogP contribution is -2.48. The molecule has 0 aromatic heterocycles. The lowest BCUT2D eigenvalue weighted by Gasteiger charge is -2.29. The van der Waals surface area contributed by atoms with E-state index in [-0.39, 0.29) is 11.7 Å². The molecule has 7 heteroatoms. The molecule has 1 aliphatic carbocycles. The second kappa shape index (κ2) is 7.91. The molecule has 0 heterocycles. The van der Waals surface area contributed by atoms with E-state index in [4.69, 9.17) is 0 Å². The Morgan fingerprint density at radius 1 is 1.11 bits per heavy atom. The van der Waals surface area contributed by atoms with E-state index in [1.807, 2.05) is 13.0 Å². The molecule has 0 unspecified atom stereocenters. The van der Waals surface area contributed by atoms with Gasteiger partial charge in [-0.1, -0.05) is 24.3 Å². The number of rotatable bonds is 6. The van der Waals surface area contributed by atoms with E-state index in [2.05, 4.69) is 17.4 Å². The zero-order chi connectivity index (χ0) is 20.5. The third-order valence-corrected chi connectivity index (χ3v) is 6.37. The van der Waals surface area contributed by atoms with Crippen LogP contribution in [0.5, 0.6) is 0 Å². The van der Waals surface area contributed by atoms with Crippen molar-refractivity contribution in [2.45, 2.75) is 45.2 Å². The van der Waals surface area contributed by atoms with Gasteiger partial charge in [0.2, 0.25) is 15.9 Å². The van der Waals surface area contributed by atoms with Crippen LogP contribution in [0.4, 0.5) is 10.1 Å². The quantitative estimate of drug-likeness (QED) is 0.803. The van der Waals surface area contributed by atoms with Crippen molar-refractivity contribution in [3.63, 3.8) is 0 Å². The number of carbonyl (C=O) groups is 1. The monoisotopic (exact) mass is 404 g/mol. The molecular weight excluding hydrogens is 379 g/mol. The van der Waals surface area contributed by atoms with E-state index >= 15 is 0 Å². The summed E-state index contributed by atoms with van der Waals surface area (Å²) in [4.78, 5) is 12.8. The van der Waals surface area contributed by atoms with Gasteiger partial charge in [0.25, 0.3) is 0 Å². The molecule has 0 saturated carbocycles. The fourth-order valence-corrected chi connectivity index (χ4v) is 4.87. The van der Waals surface area contributed by atoms with Crippen molar-refractivity contribution < 1.29 is 17.6 Å². The van der Waals surface area contributed by atoms with Crippen molar-refractivity contribution in [3.8, 4) is 0 Å². The van der Waals surface area contributed by atoms with Crippen molar-refractivity contribution in [3.05, 3.63) is 65.0 Å². The number of amides is 1. The minimum Gasteiger partial charge on any atom is -0.348 e. The molecule has 0 bridgehead atoms. The minimum atomic E-state index is -3.78. The highest BCUT2D eigenvalue weighted by Crippen LogP contribution is 2.26. The number of nitrogens with one attached hydrogen (secondary N) is 1. The number of benzene rings is 2. The summed E-state index contributed by atoms with van der Waals surface area (Å²) in [5.74, 6) is -1.01. The van der Waals surface area contributed by atoms with Gasteiger partial charge in [0.05, 0.1) is 18.0 Å². The van der Waals surface area contributed by atoms with Crippen LogP contribution in [0, 0.1) is 5.82 Å². The second-order valence-corrected chi connectivity index (χ2v) is 9.19. The van der Waals surface area contributed by atoms with E-state index in [1.165, 1.54) is 36.2 Å². The van der Waals surface area contributed by atoms with Gasteiger partial charge in [-0.2, -0.15) is 0 Å². The topological polar surface area (TPSA) is 66.5 Å². The third kappa shape index (κ3) is 4.35. The Hall–Kier alpha value is -2.41. The standard InChI is InChI=1S/C21H25FN2O3S/c1-14(17-11-10-16-6-4-7-18(16)12-17)23-21(25)15(2)24(28(3,26)27)20-9-5-8-19(22)13-20/h5,8-15H,4,6-7H2,1-3H3,(H,23,25)/t14-,15+/m0/s1. The zero-order valence-electron chi connectivity index (χ0n) is 16.3. The Morgan fingerprint density at radius 3 is 2.50 bits per heavy atom. The molecule has 5 nitrogen and oxygen atoms in total. The van der Waals surface area contributed by atoms with Gasteiger partial charge >= 0.3 is 0 Å². The van der Waals surface area contributed by atoms with Gasteiger partial charge in [0.1, 0.15) is 11.9 Å². The van der Waals surface area contributed by atoms with E-state index in [1.54, 1.807) is 0 Å². The van der Waals surface area contributed by atoms with Gasteiger partial charge in [-0.25, -0.2) is 12.8 Å². The highest BCUT2D eigenvalue weighted by atomic mass is 32.2. The number of nitrogens with zero attached hydrogens (tertiary/aromatic N) is 1. The number of fused-ring (bicyclic) bond motifs is 1. The van der Waals surface area contributed by atoms with Gasteiger partial charge < -0.3 is 5.32 Å². The normalized spacial score (nSPS) is 15.6. The number of carbonyl (C=O) groups excluding carboxylic acids is 1. The molecule has 1 aliphatic rings. The van der Waals surface area contributed by atoms with Crippen LogP contribution >= 0.6 is 0 Å². The predicted molar refractivity (Wildman–Crippen MR) is 108 cm³/mol. The van der Waals surface area contributed by atoms with Crippen LogP contribution in [-0.4, -0.2) is 26.6 Å². The van der Waals surface area contributed by atoms with E-state index in [0.29, 0.717) is 0 Å². The van der Waals surface area contributed by atoms with Gasteiger partial charge in [-0.15, -0.1) is 0 Å². The summed E-state index contributed by atoms with van der Waals surface area (Å²) < 4.78 is 39.1. The first-order valence-corrected chi connectivity index (χ1v) is 11.2. The molecule has 2 aromatic carbocycles. The first-order chi connectivity index (χ1) is 13.2. The summed E-state index contributed by atoms with van der Waals surface area (Å²) >= 11 is 0. The van der Waals surface area contributed by atoms with Crippen LogP contribution in [0.15, 0.2) is 42.5 Å². The first-order valence-electron chi connectivity index (χ1n) is 9.34. The highest BCUT2D eigenvalue weighted by molar-refractivity contribution is 7.92.